The number of halogens is 1. The number of nitrogens with one attached hydrogen (secondary N) is 2. The molecule has 1 amide bonds. The molecule has 0 unspecified atom stereocenters. The van der Waals surface area contributed by atoms with Crippen molar-refractivity contribution in [2.24, 2.45) is 0 Å². The summed E-state index contributed by atoms with van der Waals surface area (Å²) in [5, 5.41) is 6.89. The molecular weight excluding hydrogens is 248 g/mol. The SMILES string of the molecule is Cc1cccc(C(=O)NCC[C@@H]2CCCN2)c1Cl. The molecule has 1 heterocycles. The molecule has 0 bridgehead atoms. The lowest BCUT2D eigenvalue weighted by Crippen LogP contribution is -2.30. The Bertz CT molecular complexity index is 428. The van der Waals surface area contributed by atoms with Gasteiger partial charge in [-0.25, -0.2) is 0 Å². The Hall–Kier alpha value is -1.06. The van der Waals surface area contributed by atoms with E-state index in [1.165, 1.54) is 12.8 Å². The molecule has 98 valence electrons. The molecule has 3 nitrogen and oxygen atoms in total. The first-order valence-corrected chi connectivity index (χ1v) is 6.83. The van der Waals surface area contributed by atoms with Gasteiger partial charge in [0.15, 0.2) is 0 Å². The maximum Gasteiger partial charge on any atom is 0.252 e. The number of hydrogen-bond acceptors (Lipinski definition) is 2. The maximum atomic E-state index is 12.0. The second kappa shape index (κ2) is 6.21. The van der Waals surface area contributed by atoms with Crippen LogP contribution in [-0.4, -0.2) is 25.0 Å². The van der Waals surface area contributed by atoms with Gasteiger partial charge in [-0.2, -0.15) is 0 Å². The van der Waals surface area contributed by atoms with E-state index in [9.17, 15) is 4.79 Å². The van der Waals surface area contributed by atoms with E-state index in [1.54, 1.807) is 6.07 Å². The van der Waals surface area contributed by atoms with Crippen LogP contribution in [0.3, 0.4) is 0 Å². The first kappa shape index (κ1) is 13.4. The summed E-state index contributed by atoms with van der Waals surface area (Å²) in [6.07, 6.45) is 3.43. The predicted molar refractivity (Wildman–Crippen MR) is 74.2 cm³/mol. The van der Waals surface area contributed by atoms with Gasteiger partial charge < -0.3 is 10.6 Å². The Balaban J connectivity index is 1.85. The molecule has 1 fully saturated rings. The topological polar surface area (TPSA) is 41.1 Å². The number of aryl methyl sites for hydroxylation is 1. The molecule has 0 radical (unpaired) electrons. The van der Waals surface area contributed by atoms with Crippen LogP contribution in [0.5, 0.6) is 0 Å². The highest BCUT2D eigenvalue weighted by Gasteiger charge is 2.15. The van der Waals surface area contributed by atoms with Crippen LogP contribution < -0.4 is 10.6 Å². The third-order valence-corrected chi connectivity index (χ3v) is 3.88. The first-order chi connectivity index (χ1) is 8.68. The van der Waals surface area contributed by atoms with E-state index in [0.29, 0.717) is 23.2 Å². The highest BCUT2D eigenvalue weighted by Crippen LogP contribution is 2.20. The molecule has 2 N–H and O–H groups in total. The Morgan fingerprint density at radius 3 is 3.11 bits per heavy atom. The van der Waals surface area contributed by atoms with Gasteiger partial charge in [0.1, 0.15) is 0 Å². The van der Waals surface area contributed by atoms with Crippen LogP contribution in [-0.2, 0) is 0 Å². The number of benzene rings is 1. The molecule has 1 aliphatic heterocycles. The summed E-state index contributed by atoms with van der Waals surface area (Å²) in [6.45, 7) is 3.70. The van der Waals surface area contributed by atoms with Crippen LogP contribution in [0.1, 0.15) is 35.2 Å². The monoisotopic (exact) mass is 266 g/mol. The van der Waals surface area contributed by atoms with Gasteiger partial charge in [0, 0.05) is 12.6 Å². The number of amides is 1. The van der Waals surface area contributed by atoms with Crippen LogP contribution in [0.15, 0.2) is 18.2 Å². The lowest BCUT2D eigenvalue weighted by Gasteiger charge is -2.11. The molecular formula is C14H19ClN2O. The van der Waals surface area contributed by atoms with E-state index >= 15 is 0 Å². The summed E-state index contributed by atoms with van der Waals surface area (Å²) < 4.78 is 0. The zero-order chi connectivity index (χ0) is 13.0. The van der Waals surface area contributed by atoms with Crippen LogP contribution in [0, 0.1) is 6.92 Å². The first-order valence-electron chi connectivity index (χ1n) is 6.45. The largest absolute Gasteiger partial charge is 0.352 e. The van der Waals surface area contributed by atoms with Crippen molar-refractivity contribution in [3.8, 4) is 0 Å². The van der Waals surface area contributed by atoms with E-state index in [-0.39, 0.29) is 5.91 Å². The van der Waals surface area contributed by atoms with E-state index < -0.39 is 0 Å². The minimum absolute atomic E-state index is 0.0818. The molecule has 1 aromatic rings. The fraction of sp³-hybridized carbons (Fsp3) is 0.500. The third-order valence-electron chi connectivity index (χ3n) is 3.38. The van der Waals surface area contributed by atoms with Crippen molar-refractivity contribution in [3.05, 3.63) is 34.3 Å². The number of hydrogen-bond donors (Lipinski definition) is 2. The number of rotatable bonds is 4. The second-order valence-electron chi connectivity index (χ2n) is 4.77. The summed E-state index contributed by atoms with van der Waals surface area (Å²) in [5.41, 5.74) is 1.50. The molecule has 0 spiro atoms. The van der Waals surface area contributed by atoms with Gasteiger partial charge in [0.25, 0.3) is 5.91 Å². The molecule has 0 aliphatic carbocycles. The summed E-state index contributed by atoms with van der Waals surface area (Å²) >= 11 is 6.12. The van der Waals surface area contributed by atoms with Crippen molar-refractivity contribution in [1.29, 1.82) is 0 Å². The third kappa shape index (κ3) is 3.24. The van der Waals surface area contributed by atoms with Gasteiger partial charge in [0.05, 0.1) is 10.6 Å². The molecule has 4 heteroatoms. The highest BCUT2D eigenvalue weighted by molar-refractivity contribution is 6.34. The van der Waals surface area contributed by atoms with Crippen molar-refractivity contribution < 1.29 is 4.79 Å². The van der Waals surface area contributed by atoms with Crippen LogP contribution in [0.4, 0.5) is 0 Å². The normalized spacial score (nSPS) is 18.9. The summed E-state index contributed by atoms with van der Waals surface area (Å²) in [5.74, 6) is -0.0818. The molecule has 1 saturated heterocycles. The van der Waals surface area contributed by atoms with Crippen LogP contribution in [0.2, 0.25) is 5.02 Å². The zero-order valence-electron chi connectivity index (χ0n) is 10.6. The Morgan fingerprint density at radius 2 is 2.39 bits per heavy atom. The fourth-order valence-electron chi connectivity index (χ4n) is 2.28. The van der Waals surface area contributed by atoms with Gasteiger partial charge in [-0.1, -0.05) is 23.7 Å². The predicted octanol–water partition coefficient (Wildman–Crippen LogP) is 2.52. The average molecular weight is 267 g/mol. The highest BCUT2D eigenvalue weighted by atomic mass is 35.5. The van der Waals surface area contributed by atoms with E-state index in [1.807, 2.05) is 19.1 Å². The van der Waals surface area contributed by atoms with Crippen molar-refractivity contribution in [3.63, 3.8) is 0 Å². The van der Waals surface area contributed by atoms with Crippen LogP contribution in [0.25, 0.3) is 0 Å². The van der Waals surface area contributed by atoms with E-state index in [0.717, 1.165) is 18.5 Å². The number of carbonyl (C=O) groups excluding carboxylic acids is 1. The molecule has 18 heavy (non-hydrogen) atoms. The van der Waals surface area contributed by atoms with Gasteiger partial charge in [-0.15, -0.1) is 0 Å². The molecule has 1 atom stereocenters. The minimum atomic E-state index is -0.0818. The van der Waals surface area contributed by atoms with Crippen molar-refractivity contribution in [1.82, 2.24) is 10.6 Å². The minimum Gasteiger partial charge on any atom is -0.352 e. The Kier molecular flexibility index (Phi) is 4.61. The standard InChI is InChI=1S/C14H19ClN2O/c1-10-4-2-6-12(13(10)15)14(18)17-9-7-11-5-3-8-16-11/h2,4,6,11,16H,3,5,7-9H2,1H3,(H,17,18)/t11-/m0/s1. The maximum absolute atomic E-state index is 12.0. The number of carbonyl (C=O) groups is 1. The Labute approximate surface area is 113 Å². The molecule has 1 aliphatic rings. The molecule has 0 saturated carbocycles. The average Bonchev–Trinajstić information content (AvgIpc) is 2.85. The summed E-state index contributed by atoms with van der Waals surface area (Å²) in [7, 11) is 0. The second-order valence-corrected chi connectivity index (χ2v) is 5.15. The quantitative estimate of drug-likeness (QED) is 0.879. The van der Waals surface area contributed by atoms with Gasteiger partial charge in [-0.3, -0.25) is 4.79 Å². The molecule has 0 aromatic heterocycles. The lowest BCUT2D eigenvalue weighted by molar-refractivity contribution is 0.0952. The van der Waals surface area contributed by atoms with Gasteiger partial charge in [-0.05, 0) is 44.4 Å². The zero-order valence-corrected chi connectivity index (χ0v) is 11.4. The van der Waals surface area contributed by atoms with Crippen molar-refractivity contribution >= 4 is 17.5 Å². The summed E-state index contributed by atoms with van der Waals surface area (Å²) in [6, 6.07) is 6.08. The Morgan fingerprint density at radius 1 is 1.56 bits per heavy atom. The van der Waals surface area contributed by atoms with Gasteiger partial charge in [0.2, 0.25) is 0 Å². The van der Waals surface area contributed by atoms with Crippen molar-refractivity contribution in [2.75, 3.05) is 13.1 Å². The van der Waals surface area contributed by atoms with E-state index in [2.05, 4.69) is 10.6 Å². The van der Waals surface area contributed by atoms with Crippen molar-refractivity contribution in [2.45, 2.75) is 32.2 Å². The fourth-order valence-corrected chi connectivity index (χ4v) is 2.49. The van der Waals surface area contributed by atoms with E-state index in [4.69, 9.17) is 11.6 Å². The summed E-state index contributed by atoms with van der Waals surface area (Å²) in [4.78, 5) is 12.0. The smallest absolute Gasteiger partial charge is 0.252 e. The molecule has 2 rings (SSSR count). The molecule has 1 aromatic carbocycles. The van der Waals surface area contributed by atoms with Gasteiger partial charge >= 0.3 is 0 Å². The van der Waals surface area contributed by atoms with Crippen LogP contribution >= 0.6 is 11.6 Å². The lowest BCUT2D eigenvalue weighted by atomic mass is 10.1.